The van der Waals surface area contributed by atoms with Gasteiger partial charge in [-0.1, -0.05) is 13.8 Å². The molecule has 3 rings (SSSR count). The van der Waals surface area contributed by atoms with E-state index in [1.807, 2.05) is 11.3 Å². The van der Waals surface area contributed by atoms with Gasteiger partial charge in [-0.15, -0.1) is 11.3 Å². The topological polar surface area (TPSA) is 15.3 Å². The van der Waals surface area contributed by atoms with Crippen LogP contribution in [0.15, 0.2) is 11.4 Å². The summed E-state index contributed by atoms with van der Waals surface area (Å²) in [5, 5.41) is 5.83. The average Bonchev–Trinajstić information content (AvgIpc) is 2.97. The van der Waals surface area contributed by atoms with Gasteiger partial charge in [-0.3, -0.25) is 4.90 Å². The van der Waals surface area contributed by atoms with Crippen molar-refractivity contribution < 1.29 is 0 Å². The van der Waals surface area contributed by atoms with Gasteiger partial charge in [0.05, 0.1) is 0 Å². The van der Waals surface area contributed by atoms with E-state index in [0.717, 1.165) is 5.92 Å². The van der Waals surface area contributed by atoms with Gasteiger partial charge in [-0.25, -0.2) is 0 Å². The van der Waals surface area contributed by atoms with Crippen LogP contribution in [0.2, 0.25) is 0 Å². The molecule has 1 N–H and O–H groups in total. The summed E-state index contributed by atoms with van der Waals surface area (Å²) < 4.78 is 0. The fraction of sp³-hybridized carbons (Fsp3) is 0.733. The molecule has 0 bridgehead atoms. The Balaban J connectivity index is 1.70. The molecule has 0 amide bonds. The van der Waals surface area contributed by atoms with E-state index in [9.17, 15) is 0 Å². The third-order valence-corrected chi connectivity index (χ3v) is 5.95. The van der Waals surface area contributed by atoms with E-state index in [1.54, 1.807) is 10.4 Å². The van der Waals surface area contributed by atoms with Crippen LogP contribution >= 0.6 is 11.3 Å². The third-order valence-electron chi connectivity index (χ3n) is 4.93. The number of fused-ring (bicyclic) bond motifs is 1. The second-order valence-electron chi connectivity index (χ2n) is 6.27. The Labute approximate surface area is 114 Å². The highest BCUT2D eigenvalue weighted by atomic mass is 32.1. The zero-order valence-electron chi connectivity index (χ0n) is 11.5. The Morgan fingerprint density at radius 3 is 3.11 bits per heavy atom. The fourth-order valence-corrected chi connectivity index (χ4v) is 4.35. The lowest BCUT2D eigenvalue weighted by Gasteiger charge is -2.39. The molecule has 0 aliphatic carbocycles. The number of nitrogens with one attached hydrogen (secondary N) is 1. The summed E-state index contributed by atoms with van der Waals surface area (Å²) in [4.78, 5) is 4.30. The minimum absolute atomic E-state index is 0.507. The summed E-state index contributed by atoms with van der Waals surface area (Å²) in [7, 11) is 0. The first-order valence-electron chi connectivity index (χ1n) is 7.18. The minimum atomic E-state index is 0.507. The van der Waals surface area contributed by atoms with Crippen molar-refractivity contribution in [2.75, 3.05) is 26.2 Å². The highest BCUT2D eigenvalue weighted by Gasteiger charge is 2.38. The Morgan fingerprint density at radius 2 is 2.39 bits per heavy atom. The molecule has 3 heterocycles. The van der Waals surface area contributed by atoms with E-state index in [2.05, 4.69) is 35.5 Å². The summed E-state index contributed by atoms with van der Waals surface area (Å²) in [5.41, 5.74) is 2.09. The molecule has 1 aromatic heterocycles. The van der Waals surface area contributed by atoms with E-state index in [4.69, 9.17) is 0 Å². The third kappa shape index (κ3) is 2.24. The second kappa shape index (κ2) is 4.95. The molecular formula is C15H24N2S. The van der Waals surface area contributed by atoms with Crippen LogP contribution in [0.25, 0.3) is 0 Å². The van der Waals surface area contributed by atoms with Crippen molar-refractivity contribution in [2.45, 2.75) is 33.2 Å². The van der Waals surface area contributed by atoms with Crippen LogP contribution in [0, 0.1) is 11.3 Å². The smallest absolute Gasteiger partial charge is 0.0245 e. The fourth-order valence-electron chi connectivity index (χ4n) is 3.46. The quantitative estimate of drug-likeness (QED) is 0.903. The van der Waals surface area contributed by atoms with Gasteiger partial charge in [0.15, 0.2) is 0 Å². The van der Waals surface area contributed by atoms with Gasteiger partial charge in [-0.2, -0.15) is 0 Å². The van der Waals surface area contributed by atoms with Gasteiger partial charge in [0, 0.05) is 31.1 Å². The van der Waals surface area contributed by atoms with Crippen molar-refractivity contribution in [3.63, 3.8) is 0 Å². The van der Waals surface area contributed by atoms with E-state index in [1.165, 1.54) is 45.6 Å². The van der Waals surface area contributed by atoms with Gasteiger partial charge >= 0.3 is 0 Å². The first-order chi connectivity index (χ1) is 8.70. The molecule has 2 aliphatic rings. The molecule has 2 nitrogen and oxygen atoms in total. The maximum atomic E-state index is 3.57. The maximum absolute atomic E-state index is 3.57. The SMILES string of the molecule is CC(C)C1(CN2CCc3sccc3C2)CCNC1. The van der Waals surface area contributed by atoms with Crippen LogP contribution < -0.4 is 5.32 Å². The predicted octanol–water partition coefficient (Wildman–Crippen LogP) is 2.74. The zero-order chi connectivity index (χ0) is 12.6. The molecule has 0 radical (unpaired) electrons. The van der Waals surface area contributed by atoms with E-state index in [0.29, 0.717) is 5.41 Å². The lowest BCUT2D eigenvalue weighted by Crippen LogP contribution is -2.44. The van der Waals surface area contributed by atoms with E-state index in [-0.39, 0.29) is 0 Å². The van der Waals surface area contributed by atoms with E-state index >= 15 is 0 Å². The molecule has 2 aliphatic heterocycles. The molecule has 100 valence electrons. The number of hydrogen-bond acceptors (Lipinski definition) is 3. The van der Waals surface area contributed by atoms with Crippen molar-refractivity contribution in [1.29, 1.82) is 0 Å². The summed E-state index contributed by atoms with van der Waals surface area (Å²) in [5.74, 6) is 0.774. The second-order valence-corrected chi connectivity index (χ2v) is 7.27. The van der Waals surface area contributed by atoms with Crippen molar-refractivity contribution in [3.8, 4) is 0 Å². The van der Waals surface area contributed by atoms with Crippen LogP contribution in [-0.2, 0) is 13.0 Å². The normalized spacial score (nSPS) is 28.8. The number of nitrogens with zero attached hydrogens (tertiary/aromatic N) is 1. The van der Waals surface area contributed by atoms with Crippen molar-refractivity contribution >= 4 is 11.3 Å². The lowest BCUT2D eigenvalue weighted by molar-refractivity contribution is 0.109. The Morgan fingerprint density at radius 1 is 1.50 bits per heavy atom. The molecule has 1 saturated heterocycles. The Hall–Kier alpha value is -0.380. The molecule has 0 saturated carbocycles. The molecular weight excluding hydrogens is 240 g/mol. The first-order valence-corrected chi connectivity index (χ1v) is 8.06. The molecule has 0 spiro atoms. The van der Waals surface area contributed by atoms with Gasteiger partial charge in [0.2, 0.25) is 0 Å². The van der Waals surface area contributed by atoms with Crippen molar-refractivity contribution in [3.05, 3.63) is 21.9 Å². The van der Waals surface area contributed by atoms with Crippen LogP contribution in [-0.4, -0.2) is 31.1 Å². The van der Waals surface area contributed by atoms with Gasteiger partial charge in [0.25, 0.3) is 0 Å². The zero-order valence-corrected chi connectivity index (χ0v) is 12.4. The largest absolute Gasteiger partial charge is 0.316 e. The van der Waals surface area contributed by atoms with Gasteiger partial charge in [-0.05, 0) is 47.7 Å². The summed E-state index contributed by atoms with van der Waals surface area (Å²) in [6.45, 7) is 10.9. The average molecular weight is 264 g/mol. The highest BCUT2D eigenvalue weighted by Crippen LogP contribution is 2.36. The van der Waals surface area contributed by atoms with Crippen molar-refractivity contribution in [1.82, 2.24) is 10.2 Å². The minimum Gasteiger partial charge on any atom is -0.316 e. The maximum Gasteiger partial charge on any atom is 0.0245 e. The standard InChI is InChI=1S/C15H24N2S/c1-12(2)15(5-6-16-10-15)11-17-7-3-14-13(9-17)4-8-18-14/h4,8,12,16H,3,5-7,9-11H2,1-2H3. The van der Waals surface area contributed by atoms with Crippen LogP contribution in [0.4, 0.5) is 0 Å². The molecule has 1 aromatic rings. The molecule has 0 aromatic carbocycles. The summed E-state index contributed by atoms with van der Waals surface area (Å²) >= 11 is 1.94. The van der Waals surface area contributed by atoms with Crippen LogP contribution in [0.5, 0.6) is 0 Å². The van der Waals surface area contributed by atoms with Crippen LogP contribution in [0.1, 0.15) is 30.7 Å². The number of thiophene rings is 1. The predicted molar refractivity (Wildman–Crippen MR) is 78.1 cm³/mol. The summed E-state index contributed by atoms with van der Waals surface area (Å²) in [6, 6.07) is 2.32. The lowest BCUT2D eigenvalue weighted by atomic mass is 9.75. The summed E-state index contributed by atoms with van der Waals surface area (Å²) in [6.07, 6.45) is 2.60. The van der Waals surface area contributed by atoms with Crippen molar-refractivity contribution in [2.24, 2.45) is 11.3 Å². The molecule has 1 atom stereocenters. The molecule has 1 fully saturated rings. The Kier molecular flexibility index (Phi) is 3.48. The number of hydrogen-bond donors (Lipinski definition) is 1. The molecule has 3 heteroatoms. The molecule has 18 heavy (non-hydrogen) atoms. The Bertz CT molecular complexity index is 404. The molecule has 1 unspecified atom stereocenters. The first kappa shape index (κ1) is 12.6. The monoisotopic (exact) mass is 264 g/mol. The van der Waals surface area contributed by atoms with Crippen LogP contribution in [0.3, 0.4) is 0 Å². The van der Waals surface area contributed by atoms with Gasteiger partial charge in [0.1, 0.15) is 0 Å². The van der Waals surface area contributed by atoms with Gasteiger partial charge < -0.3 is 5.32 Å². The highest BCUT2D eigenvalue weighted by molar-refractivity contribution is 7.10. The number of rotatable bonds is 3. The van der Waals surface area contributed by atoms with E-state index < -0.39 is 0 Å².